The molecule has 0 atom stereocenters. The van der Waals surface area contributed by atoms with Crippen molar-refractivity contribution in [2.75, 3.05) is 32.1 Å². The first kappa shape index (κ1) is 18.9. The lowest BCUT2D eigenvalue weighted by atomic mass is 10.2. The molecule has 2 heterocycles. The van der Waals surface area contributed by atoms with Crippen LogP contribution in [0.15, 0.2) is 48.5 Å². The number of fused-ring (bicyclic) bond motifs is 1. The Balaban J connectivity index is 1.55. The van der Waals surface area contributed by atoms with Crippen LogP contribution >= 0.6 is 11.6 Å². The van der Waals surface area contributed by atoms with E-state index >= 15 is 0 Å². The van der Waals surface area contributed by atoms with E-state index in [1.165, 1.54) is 12.1 Å². The monoisotopic (exact) mass is 400 g/mol. The maximum Gasteiger partial charge on any atom is 0.237 e. The summed E-state index contributed by atoms with van der Waals surface area (Å²) in [6.45, 7) is 4.30. The van der Waals surface area contributed by atoms with Gasteiger partial charge in [0.05, 0.1) is 17.6 Å². The highest BCUT2D eigenvalue weighted by atomic mass is 35.5. The summed E-state index contributed by atoms with van der Waals surface area (Å²) in [7, 11) is 0. The van der Waals surface area contributed by atoms with Crippen LogP contribution in [0.25, 0.3) is 11.0 Å². The van der Waals surface area contributed by atoms with E-state index in [2.05, 4.69) is 15.5 Å². The van der Waals surface area contributed by atoms with Crippen LogP contribution in [0.3, 0.4) is 0 Å². The summed E-state index contributed by atoms with van der Waals surface area (Å²) in [4.78, 5) is 20.7. The lowest BCUT2D eigenvalue weighted by Crippen LogP contribution is -2.48. The van der Waals surface area contributed by atoms with Crippen LogP contribution in [0.5, 0.6) is 0 Å². The number of hydrogen-bond donors (Lipinski definition) is 0. The molecule has 1 aliphatic heterocycles. The molecule has 0 N–H and O–H groups in total. The number of piperazine rings is 1. The second kappa shape index (κ2) is 8.29. The van der Waals surface area contributed by atoms with Crippen LogP contribution in [0, 0.1) is 5.82 Å². The van der Waals surface area contributed by atoms with Crippen LogP contribution in [0.2, 0.25) is 0 Å². The zero-order chi connectivity index (χ0) is 19.5. The van der Waals surface area contributed by atoms with Gasteiger partial charge in [-0.05, 0) is 29.8 Å². The van der Waals surface area contributed by atoms with Crippen LogP contribution in [-0.2, 0) is 17.9 Å². The minimum atomic E-state index is -0.233. The molecule has 7 heteroatoms. The molecular formula is C21H22ClFN4O. The third-order valence-corrected chi connectivity index (χ3v) is 5.42. The fourth-order valence-electron chi connectivity index (χ4n) is 3.63. The number of para-hydroxylation sites is 2. The van der Waals surface area contributed by atoms with Crippen molar-refractivity contribution in [2.45, 2.75) is 13.1 Å². The molecule has 1 aliphatic rings. The standard InChI is InChI=1S/C21H22ClFN4O/c22-13-21(28)26-11-9-25(10-12-26)15-20-24-18-3-1-2-4-19(18)27(20)14-16-5-7-17(23)8-6-16/h1-8H,9-15H2. The number of carbonyl (C=O) groups excluding carboxylic acids is 1. The van der Waals surface area contributed by atoms with E-state index < -0.39 is 0 Å². The van der Waals surface area contributed by atoms with Crippen molar-refractivity contribution < 1.29 is 9.18 Å². The number of benzene rings is 2. The second-order valence-corrected chi connectivity index (χ2v) is 7.29. The van der Waals surface area contributed by atoms with Gasteiger partial charge >= 0.3 is 0 Å². The molecule has 1 amide bonds. The highest BCUT2D eigenvalue weighted by Crippen LogP contribution is 2.20. The fraction of sp³-hybridized carbons (Fsp3) is 0.333. The number of alkyl halides is 1. The van der Waals surface area contributed by atoms with Crippen molar-refractivity contribution in [1.82, 2.24) is 19.4 Å². The Morgan fingerprint density at radius 1 is 1.00 bits per heavy atom. The third kappa shape index (κ3) is 4.03. The SMILES string of the molecule is O=C(CCl)N1CCN(Cc2nc3ccccc3n2Cc2ccc(F)cc2)CC1. The van der Waals surface area contributed by atoms with Gasteiger partial charge in [0.1, 0.15) is 17.5 Å². The van der Waals surface area contributed by atoms with E-state index in [0.717, 1.165) is 35.5 Å². The molecule has 28 heavy (non-hydrogen) atoms. The highest BCUT2D eigenvalue weighted by molar-refractivity contribution is 6.27. The molecule has 146 valence electrons. The Morgan fingerprint density at radius 2 is 1.71 bits per heavy atom. The first-order chi connectivity index (χ1) is 13.6. The van der Waals surface area contributed by atoms with Crippen molar-refractivity contribution in [3.8, 4) is 0 Å². The van der Waals surface area contributed by atoms with Gasteiger partial charge in [-0.2, -0.15) is 0 Å². The molecule has 0 saturated carbocycles. The normalized spacial score (nSPS) is 15.3. The van der Waals surface area contributed by atoms with E-state index in [0.29, 0.717) is 26.2 Å². The van der Waals surface area contributed by atoms with Crippen LogP contribution in [-0.4, -0.2) is 57.3 Å². The largest absolute Gasteiger partial charge is 0.339 e. The van der Waals surface area contributed by atoms with Gasteiger partial charge in [-0.25, -0.2) is 9.37 Å². The summed E-state index contributed by atoms with van der Waals surface area (Å²) in [6.07, 6.45) is 0. The third-order valence-electron chi connectivity index (χ3n) is 5.19. The maximum atomic E-state index is 13.3. The predicted molar refractivity (Wildman–Crippen MR) is 108 cm³/mol. The van der Waals surface area contributed by atoms with Crippen molar-refractivity contribution in [2.24, 2.45) is 0 Å². The first-order valence-electron chi connectivity index (χ1n) is 9.39. The van der Waals surface area contributed by atoms with Crippen LogP contribution in [0.1, 0.15) is 11.4 Å². The van der Waals surface area contributed by atoms with E-state index in [1.54, 1.807) is 0 Å². The summed E-state index contributed by atoms with van der Waals surface area (Å²) >= 11 is 5.66. The minimum Gasteiger partial charge on any atom is -0.339 e. The van der Waals surface area contributed by atoms with Gasteiger partial charge in [0, 0.05) is 32.7 Å². The molecule has 0 radical (unpaired) electrons. The molecule has 5 nitrogen and oxygen atoms in total. The van der Waals surface area contributed by atoms with Gasteiger partial charge in [-0.15, -0.1) is 11.6 Å². The molecule has 1 fully saturated rings. The number of aromatic nitrogens is 2. The van der Waals surface area contributed by atoms with Gasteiger partial charge in [-0.3, -0.25) is 9.69 Å². The molecule has 4 rings (SSSR count). The van der Waals surface area contributed by atoms with Gasteiger partial charge in [0.25, 0.3) is 0 Å². The molecule has 0 unspecified atom stereocenters. The Kier molecular flexibility index (Phi) is 5.59. The van der Waals surface area contributed by atoms with E-state index in [-0.39, 0.29) is 17.6 Å². The molecular weight excluding hydrogens is 379 g/mol. The smallest absolute Gasteiger partial charge is 0.237 e. The van der Waals surface area contributed by atoms with Crippen molar-refractivity contribution in [3.05, 3.63) is 65.7 Å². The fourth-order valence-corrected chi connectivity index (χ4v) is 3.80. The van der Waals surface area contributed by atoms with Gasteiger partial charge in [0.2, 0.25) is 5.91 Å². The summed E-state index contributed by atoms with van der Waals surface area (Å²) in [5.41, 5.74) is 3.05. The number of rotatable bonds is 5. The number of carbonyl (C=O) groups is 1. The quantitative estimate of drug-likeness (QED) is 0.618. The van der Waals surface area contributed by atoms with Crippen LogP contribution < -0.4 is 0 Å². The number of halogens is 2. The zero-order valence-corrected chi connectivity index (χ0v) is 16.3. The molecule has 0 bridgehead atoms. The Bertz CT molecular complexity index is 964. The van der Waals surface area contributed by atoms with Crippen molar-refractivity contribution in [3.63, 3.8) is 0 Å². The Hall–Kier alpha value is -2.44. The minimum absolute atomic E-state index is 0.00938. The Morgan fingerprint density at radius 3 is 2.43 bits per heavy atom. The topological polar surface area (TPSA) is 41.4 Å². The first-order valence-corrected chi connectivity index (χ1v) is 9.92. The number of amides is 1. The lowest BCUT2D eigenvalue weighted by molar-refractivity contribution is -0.130. The average molecular weight is 401 g/mol. The predicted octanol–water partition coefficient (Wildman–Crippen LogP) is 3.11. The molecule has 3 aromatic rings. The molecule has 0 aliphatic carbocycles. The van der Waals surface area contributed by atoms with Gasteiger partial charge in [0.15, 0.2) is 0 Å². The number of imidazole rings is 1. The maximum absolute atomic E-state index is 13.3. The van der Waals surface area contributed by atoms with E-state index in [1.807, 2.05) is 35.2 Å². The van der Waals surface area contributed by atoms with E-state index in [9.17, 15) is 9.18 Å². The number of nitrogens with zero attached hydrogens (tertiary/aromatic N) is 4. The zero-order valence-electron chi connectivity index (χ0n) is 15.5. The molecule has 2 aromatic carbocycles. The number of hydrogen-bond acceptors (Lipinski definition) is 3. The van der Waals surface area contributed by atoms with Crippen molar-refractivity contribution in [1.29, 1.82) is 0 Å². The summed E-state index contributed by atoms with van der Waals surface area (Å²) in [5, 5.41) is 0. The van der Waals surface area contributed by atoms with Gasteiger partial charge < -0.3 is 9.47 Å². The van der Waals surface area contributed by atoms with Crippen molar-refractivity contribution >= 4 is 28.5 Å². The average Bonchev–Trinajstić information content (AvgIpc) is 3.06. The van der Waals surface area contributed by atoms with E-state index in [4.69, 9.17) is 16.6 Å². The summed E-state index contributed by atoms with van der Waals surface area (Å²) in [5.74, 6) is 0.768. The Labute approximate surface area is 168 Å². The summed E-state index contributed by atoms with van der Waals surface area (Å²) in [6, 6.07) is 14.7. The highest BCUT2D eigenvalue weighted by Gasteiger charge is 2.22. The lowest BCUT2D eigenvalue weighted by Gasteiger charge is -2.34. The second-order valence-electron chi connectivity index (χ2n) is 7.02. The molecule has 0 spiro atoms. The molecule has 1 saturated heterocycles. The van der Waals surface area contributed by atoms with Gasteiger partial charge in [-0.1, -0.05) is 24.3 Å². The molecule has 1 aromatic heterocycles. The van der Waals surface area contributed by atoms with Crippen LogP contribution in [0.4, 0.5) is 4.39 Å². The summed E-state index contributed by atoms with van der Waals surface area (Å²) < 4.78 is 15.5.